The normalized spacial score (nSPS) is 27.0. The quantitative estimate of drug-likeness (QED) is 0.0463. The lowest BCUT2D eigenvalue weighted by atomic mass is 9.44. The van der Waals surface area contributed by atoms with Crippen LogP contribution in [-0.4, -0.2) is 147 Å². The molecule has 2 saturated carbocycles. The minimum atomic E-state index is -2.69. The number of benzene rings is 3. The Balaban J connectivity index is 1.34. The number of aliphatic hydroxyl groups excluding tert-OH is 1. The van der Waals surface area contributed by atoms with E-state index in [0.717, 1.165) is 12.5 Å². The number of alkyl carbamates (subject to hydrolysis) is 1. The van der Waals surface area contributed by atoms with Gasteiger partial charge < -0.3 is 67.6 Å². The molecule has 1 saturated heterocycles. The SMILES string of the molecule is COc1ccc(COCC(C)(C)OC(=O)N[C@@H](c2ccccc2)[C@H](O)C(=O)O[C@@H]2C[C@@]3(O)[C@H](OC(=O)c4ccccc4)[C@@H]4C5(OC(C)=O)CO[C@@H]5C[C@H](OC(=O)OCC(Cl)(Cl)Cl)[C@@]4(C)C(=O)[C@H](OC(=O)OCC(Cl)(Cl)Cl)C(=C2C)C3(C)C)cc1. The van der Waals surface area contributed by atoms with E-state index in [1.165, 1.54) is 64.1 Å². The van der Waals surface area contributed by atoms with Crippen molar-refractivity contribution < 1.29 is 95.9 Å². The zero-order valence-electron chi connectivity index (χ0n) is 46.7. The Hall–Kier alpha value is -5.33. The van der Waals surface area contributed by atoms with E-state index in [1.54, 1.807) is 57.4 Å². The molecule has 1 heterocycles. The Morgan fingerprint density at radius 3 is 1.93 bits per heavy atom. The Bertz CT molecular complexity index is 2960. The van der Waals surface area contributed by atoms with Crippen molar-refractivity contribution in [2.24, 2.45) is 16.7 Å². The van der Waals surface area contributed by atoms with Crippen molar-refractivity contribution >= 4 is 112 Å². The number of rotatable bonds is 18. The molecule has 11 atom stereocenters. The molecule has 1 aliphatic heterocycles. The van der Waals surface area contributed by atoms with Crippen molar-refractivity contribution in [1.29, 1.82) is 0 Å². The minimum absolute atomic E-state index is 0.0648. The molecule has 0 aromatic heterocycles. The fourth-order valence-electron chi connectivity index (χ4n) is 11.5. The first-order chi connectivity index (χ1) is 39.2. The van der Waals surface area contributed by atoms with Crippen LogP contribution in [0.3, 0.4) is 0 Å². The van der Waals surface area contributed by atoms with Crippen molar-refractivity contribution in [3.8, 4) is 5.75 Å². The van der Waals surface area contributed by atoms with Gasteiger partial charge in [0.2, 0.25) is 7.59 Å². The average Bonchev–Trinajstić information content (AvgIpc) is 0.679. The number of nitrogens with one attached hydrogen (secondary N) is 1. The molecule has 84 heavy (non-hydrogen) atoms. The van der Waals surface area contributed by atoms with E-state index in [1.807, 2.05) is 12.1 Å². The van der Waals surface area contributed by atoms with Gasteiger partial charge in [-0.3, -0.25) is 9.59 Å². The maximum atomic E-state index is 16.4. The summed E-state index contributed by atoms with van der Waals surface area (Å²) in [5.74, 6) is -5.82. The van der Waals surface area contributed by atoms with Crippen molar-refractivity contribution in [1.82, 2.24) is 5.32 Å². The van der Waals surface area contributed by atoms with Gasteiger partial charge in [-0.2, -0.15) is 0 Å². The molecule has 3 aromatic carbocycles. The summed E-state index contributed by atoms with van der Waals surface area (Å²) in [7, 11) is 1.54. The summed E-state index contributed by atoms with van der Waals surface area (Å²) in [5.41, 5.74) is -9.84. The van der Waals surface area contributed by atoms with Gasteiger partial charge in [0.25, 0.3) is 0 Å². The van der Waals surface area contributed by atoms with Crippen LogP contribution in [0.2, 0.25) is 0 Å². The Morgan fingerprint density at radius 2 is 1.38 bits per heavy atom. The second-order valence-electron chi connectivity index (χ2n) is 22.1. The first-order valence-corrected chi connectivity index (χ1v) is 28.4. The highest BCUT2D eigenvalue weighted by Crippen LogP contribution is 2.65. The van der Waals surface area contributed by atoms with Crippen molar-refractivity contribution in [2.75, 3.05) is 33.5 Å². The third-order valence-corrected chi connectivity index (χ3v) is 16.2. The number of Topliss-reactive ketones (excluding diaryl/α,β-unsaturated/α-hetero) is 1. The second kappa shape index (κ2) is 25.9. The number of ketones is 1. The summed E-state index contributed by atoms with van der Waals surface area (Å²) in [5, 5.41) is 28.9. The third kappa shape index (κ3) is 14.6. The molecule has 27 heteroatoms. The number of ether oxygens (including phenoxy) is 11. The maximum Gasteiger partial charge on any atom is 0.509 e. The fraction of sp³-hybridized carbons (Fsp3) is 0.526. The second-order valence-corrected chi connectivity index (χ2v) is 27.1. The summed E-state index contributed by atoms with van der Waals surface area (Å²) in [6.45, 7) is 7.48. The molecule has 3 fully saturated rings. The van der Waals surface area contributed by atoms with E-state index in [4.69, 9.17) is 122 Å². The molecular formula is C57H63Cl6NO20. The molecule has 21 nitrogen and oxygen atoms in total. The predicted octanol–water partition coefficient (Wildman–Crippen LogP) is 9.53. The van der Waals surface area contributed by atoms with Gasteiger partial charge in [0.05, 0.1) is 49.9 Å². The number of amides is 1. The molecule has 1 amide bonds. The fourth-order valence-corrected chi connectivity index (χ4v) is 11.8. The first kappa shape index (κ1) is 66.2. The average molecular weight is 1290 g/mol. The molecule has 1 unspecified atom stereocenters. The van der Waals surface area contributed by atoms with Crippen LogP contribution in [0.5, 0.6) is 5.75 Å². The number of methoxy groups -OCH3 is 1. The summed E-state index contributed by atoms with van der Waals surface area (Å²) >= 11 is 35.6. The highest BCUT2D eigenvalue weighted by atomic mass is 35.6. The molecule has 3 N–H and O–H groups in total. The van der Waals surface area contributed by atoms with E-state index in [2.05, 4.69) is 5.32 Å². The predicted molar refractivity (Wildman–Crippen MR) is 302 cm³/mol. The summed E-state index contributed by atoms with van der Waals surface area (Å²) in [6, 6.07) is 20.9. The largest absolute Gasteiger partial charge is 0.509 e. The number of alkyl halides is 6. The number of hydrogen-bond acceptors (Lipinski definition) is 20. The van der Waals surface area contributed by atoms with Gasteiger partial charge in [0, 0.05) is 25.2 Å². The summed E-state index contributed by atoms with van der Waals surface area (Å²) in [6.07, 6.45) is -16.9. The van der Waals surface area contributed by atoms with E-state index < -0.39 is 159 Å². The van der Waals surface area contributed by atoms with E-state index in [-0.39, 0.29) is 35.5 Å². The lowest BCUT2D eigenvalue weighted by molar-refractivity contribution is -0.346. The zero-order valence-corrected chi connectivity index (χ0v) is 51.2. The van der Waals surface area contributed by atoms with Crippen LogP contribution in [0.15, 0.2) is 96.1 Å². The summed E-state index contributed by atoms with van der Waals surface area (Å²) in [4.78, 5) is 101. The molecule has 4 aliphatic rings. The number of fused-ring (bicyclic) bond motifs is 5. The molecule has 3 aromatic rings. The van der Waals surface area contributed by atoms with Crippen molar-refractivity contribution in [2.45, 2.75) is 135 Å². The standard InChI is InChI=1S/C57H63Cl6NO20/c1-30-36(79-47(69)41(66)40(33-15-11-9-12-16-33)64-48(70)84-51(3,4)26-75-25-32-19-21-35(74-8)22-20-32)24-55(73)45(82-46(68)34-17-13-10-14-18-34)43-53(7,44(67)42(39(30)52(55,5)6)81-50(72)78-29-57(61,62)63)37(80-49(71)77-28-56(58,59)60)23-38-54(43,27-76-38)83-31(2)65/h9-22,36-38,40-43,45,66,73H,23-29H2,1-8H3,(H,64,70)/t36-,37+,38-,40+,41+,42-,43+,45-,53-,54?,55-/m1/s1. The van der Waals surface area contributed by atoms with E-state index in [0.29, 0.717) is 5.75 Å². The van der Waals surface area contributed by atoms with Gasteiger partial charge in [-0.05, 0) is 74.2 Å². The minimum Gasteiger partial charge on any atom is -0.497 e. The lowest BCUT2D eigenvalue weighted by Crippen LogP contribution is -2.82. The summed E-state index contributed by atoms with van der Waals surface area (Å²) < 4.78 is 59.6. The van der Waals surface area contributed by atoms with Gasteiger partial charge in [-0.1, -0.05) is 144 Å². The van der Waals surface area contributed by atoms with Gasteiger partial charge >= 0.3 is 36.3 Å². The molecule has 0 spiro atoms. The number of halogens is 6. The third-order valence-electron chi connectivity index (χ3n) is 15.5. The molecule has 0 radical (unpaired) electrons. The Labute approximate surface area is 513 Å². The Kier molecular flexibility index (Phi) is 20.4. The van der Waals surface area contributed by atoms with Gasteiger partial charge in [-0.25, -0.2) is 24.0 Å². The van der Waals surface area contributed by atoms with E-state index in [9.17, 15) is 39.0 Å². The van der Waals surface area contributed by atoms with Gasteiger partial charge in [0.15, 0.2) is 23.6 Å². The first-order valence-electron chi connectivity index (χ1n) is 26.2. The molecule has 7 rings (SSSR count). The van der Waals surface area contributed by atoms with Gasteiger partial charge in [-0.15, -0.1) is 0 Å². The number of carbonyl (C=O) groups is 7. The van der Waals surface area contributed by atoms with Crippen molar-refractivity contribution in [3.63, 3.8) is 0 Å². The van der Waals surface area contributed by atoms with Gasteiger partial charge in [0.1, 0.15) is 54.6 Å². The highest BCUT2D eigenvalue weighted by molar-refractivity contribution is 6.68. The zero-order chi connectivity index (χ0) is 62.0. The smallest absolute Gasteiger partial charge is 0.497 e. The lowest BCUT2D eigenvalue weighted by Gasteiger charge is -2.67. The number of aliphatic hydroxyl groups is 2. The number of carbonyl (C=O) groups excluding carboxylic acids is 7. The molecular weight excluding hydrogens is 1230 g/mol. The number of esters is 3. The van der Waals surface area contributed by atoms with Crippen molar-refractivity contribution in [3.05, 3.63) is 113 Å². The highest BCUT2D eigenvalue weighted by Gasteiger charge is 2.79. The maximum absolute atomic E-state index is 16.4. The van der Waals surface area contributed by atoms with Crippen LogP contribution in [0.1, 0.15) is 88.8 Å². The number of hydrogen-bond donors (Lipinski definition) is 3. The van der Waals surface area contributed by atoms with Crippen LogP contribution in [0.25, 0.3) is 0 Å². The van der Waals surface area contributed by atoms with Crippen LogP contribution in [0, 0.1) is 16.7 Å². The van der Waals surface area contributed by atoms with Crippen LogP contribution in [-0.2, 0) is 68.4 Å². The molecule has 3 aliphatic carbocycles. The van der Waals surface area contributed by atoms with Crippen LogP contribution in [0.4, 0.5) is 14.4 Å². The topological polar surface area (TPSA) is 274 Å². The van der Waals surface area contributed by atoms with E-state index >= 15 is 4.79 Å². The molecule has 458 valence electrons. The van der Waals surface area contributed by atoms with Crippen LogP contribution >= 0.6 is 69.6 Å². The van der Waals surface area contributed by atoms with Crippen LogP contribution < -0.4 is 10.1 Å². The Morgan fingerprint density at radius 1 is 0.798 bits per heavy atom. The monoisotopic (exact) mass is 1290 g/mol. The molecule has 2 bridgehead atoms.